The predicted molar refractivity (Wildman–Crippen MR) is 96.4 cm³/mol. The van der Waals surface area contributed by atoms with E-state index in [1.165, 1.54) is 17.0 Å². The van der Waals surface area contributed by atoms with Gasteiger partial charge in [-0.1, -0.05) is 0 Å². The summed E-state index contributed by atoms with van der Waals surface area (Å²) in [7, 11) is 0. The van der Waals surface area contributed by atoms with Crippen LogP contribution in [-0.4, -0.2) is 49.6 Å². The van der Waals surface area contributed by atoms with Gasteiger partial charge in [-0.3, -0.25) is 19.6 Å². The number of hydrogen-bond acceptors (Lipinski definition) is 6. The zero-order valence-corrected chi connectivity index (χ0v) is 15.7. The minimum atomic E-state index is -4.70. The summed E-state index contributed by atoms with van der Waals surface area (Å²) in [6.45, 7) is 3.57. The molecule has 1 aliphatic heterocycles. The lowest BCUT2D eigenvalue weighted by Crippen LogP contribution is -2.33. The third-order valence-electron chi connectivity index (χ3n) is 4.57. The van der Waals surface area contributed by atoms with Gasteiger partial charge >= 0.3 is 6.18 Å². The molecule has 12 heteroatoms. The normalized spacial score (nSPS) is 17.0. The number of halogens is 3. The molecule has 2 aromatic heterocycles. The predicted octanol–water partition coefficient (Wildman–Crippen LogP) is 3.11. The third kappa shape index (κ3) is 4.30. The van der Waals surface area contributed by atoms with Gasteiger partial charge in [0.1, 0.15) is 12.0 Å². The van der Waals surface area contributed by atoms with Crippen LogP contribution in [0.25, 0.3) is 0 Å². The molecule has 2 aromatic rings. The second kappa shape index (κ2) is 7.68. The SMILES string of the molecule is CC(C)n1ncc(C(=O)N2CCC(Nc3ccc([N+](=O)[O-])cn3)C2)c1C(F)(F)F. The Bertz CT molecular complexity index is 910. The van der Waals surface area contributed by atoms with Crippen LogP contribution in [0.15, 0.2) is 24.5 Å². The van der Waals surface area contributed by atoms with Crippen molar-refractivity contribution in [3.05, 3.63) is 45.9 Å². The van der Waals surface area contributed by atoms with Gasteiger partial charge < -0.3 is 10.2 Å². The Morgan fingerprint density at radius 2 is 2.07 bits per heavy atom. The Morgan fingerprint density at radius 1 is 1.34 bits per heavy atom. The maximum atomic E-state index is 13.5. The van der Waals surface area contributed by atoms with Gasteiger partial charge in [0.2, 0.25) is 0 Å². The van der Waals surface area contributed by atoms with Crippen molar-refractivity contribution in [3.8, 4) is 0 Å². The number of hydrogen-bond donors (Lipinski definition) is 1. The van der Waals surface area contributed by atoms with Gasteiger partial charge in [-0.15, -0.1) is 0 Å². The average Bonchev–Trinajstić information content (AvgIpc) is 3.28. The van der Waals surface area contributed by atoms with Gasteiger partial charge in [-0.05, 0) is 26.3 Å². The maximum Gasteiger partial charge on any atom is 0.433 e. The number of nitro groups is 1. The molecule has 1 amide bonds. The average molecular weight is 412 g/mol. The largest absolute Gasteiger partial charge is 0.433 e. The van der Waals surface area contributed by atoms with Crippen molar-refractivity contribution >= 4 is 17.4 Å². The number of anilines is 1. The van der Waals surface area contributed by atoms with Crippen molar-refractivity contribution in [2.45, 2.75) is 38.5 Å². The number of likely N-dealkylation sites (tertiary alicyclic amines) is 1. The summed E-state index contributed by atoms with van der Waals surface area (Å²) < 4.78 is 41.3. The van der Waals surface area contributed by atoms with Crippen LogP contribution in [0.3, 0.4) is 0 Å². The van der Waals surface area contributed by atoms with E-state index in [1.807, 2.05) is 0 Å². The highest BCUT2D eigenvalue weighted by Crippen LogP contribution is 2.34. The van der Waals surface area contributed by atoms with E-state index >= 15 is 0 Å². The van der Waals surface area contributed by atoms with E-state index in [4.69, 9.17) is 0 Å². The molecule has 1 atom stereocenters. The highest BCUT2D eigenvalue weighted by molar-refractivity contribution is 5.95. The molecule has 1 saturated heterocycles. The van der Waals surface area contributed by atoms with Crippen molar-refractivity contribution in [1.29, 1.82) is 0 Å². The zero-order valence-electron chi connectivity index (χ0n) is 15.7. The number of nitrogens with zero attached hydrogens (tertiary/aromatic N) is 5. The van der Waals surface area contributed by atoms with Crippen molar-refractivity contribution < 1.29 is 22.9 Å². The van der Waals surface area contributed by atoms with E-state index in [0.717, 1.165) is 17.1 Å². The summed E-state index contributed by atoms with van der Waals surface area (Å²) in [6, 6.07) is 1.96. The van der Waals surface area contributed by atoms with Crippen LogP contribution in [-0.2, 0) is 6.18 Å². The molecule has 0 radical (unpaired) electrons. The Kier molecular flexibility index (Phi) is 5.44. The monoisotopic (exact) mass is 412 g/mol. The summed E-state index contributed by atoms with van der Waals surface area (Å²) in [6.07, 6.45) is -2.13. The first-order valence-corrected chi connectivity index (χ1v) is 8.89. The molecule has 29 heavy (non-hydrogen) atoms. The number of amides is 1. The number of alkyl halides is 3. The van der Waals surface area contributed by atoms with Gasteiger partial charge in [0.15, 0.2) is 5.69 Å². The van der Waals surface area contributed by atoms with Crippen LogP contribution >= 0.6 is 0 Å². The molecule has 156 valence electrons. The molecule has 0 saturated carbocycles. The Labute approximate surface area is 163 Å². The van der Waals surface area contributed by atoms with Crippen LogP contribution in [0.1, 0.15) is 42.4 Å². The minimum Gasteiger partial charge on any atom is -0.365 e. The fraction of sp³-hybridized carbons (Fsp3) is 0.471. The fourth-order valence-corrected chi connectivity index (χ4v) is 3.21. The van der Waals surface area contributed by atoms with Gasteiger partial charge in [0, 0.05) is 31.2 Å². The number of rotatable bonds is 5. The van der Waals surface area contributed by atoms with Crippen molar-refractivity contribution in [2.24, 2.45) is 0 Å². The third-order valence-corrected chi connectivity index (χ3v) is 4.57. The van der Waals surface area contributed by atoms with E-state index in [2.05, 4.69) is 15.4 Å². The highest BCUT2D eigenvalue weighted by Gasteiger charge is 2.42. The molecule has 1 unspecified atom stereocenters. The molecule has 0 aliphatic carbocycles. The Morgan fingerprint density at radius 3 is 2.62 bits per heavy atom. The first kappa shape index (κ1) is 20.6. The number of pyridine rings is 1. The molecular weight excluding hydrogens is 393 g/mol. The molecule has 0 spiro atoms. The van der Waals surface area contributed by atoms with Gasteiger partial charge in [-0.25, -0.2) is 4.98 Å². The summed E-state index contributed by atoms with van der Waals surface area (Å²) in [5.74, 6) is -0.344. The number of nitrogens with one attached hydrogen (secondary N) is 1. The number of carbonyl (C=O) groups excluding carboxylic acids is 1. The van der Waals surface area contributed by atoms with Crippen LogP contribution in [0.5, 0.6) is 0 Å². The number of aromatic nitrogens is 3. The molecule has 0 bridgehead atoms. The van der Waals surface area contributed by atoms with Gasteiger partial charge in [0.05, 0.1) is 16.7 Å². The summed E-state index contributed by atoms with van der Waals surface area (Å²) in [4.78, 5) is 28.1. The minimum absolute atomic E-state index is 0.152. The van der Waals surface area contributed by atoms with Crippen LogP contribution in [0.2, 0.25) is 0 Å². The molecule has 0 aromatic carbocycles. The van der Waals surface area contributed by atoms with E-state index in [-0.39, 0.29) is 24.8 Å². The first-order chi connectivity index (χ1) is 13.6. The zero-order chi connectivity index (χ0) is 21.3. The second-order valence-electron chi connectivity index (χ2n) is 6.98. The maximum absolute atomic E-state index is 13.5. The van der Waals surface area contributed by atoms with Crippen molar-refractivity contribution in [2.75, 3.05) is 18.4 Å². The molecule has 9 nitrogen and oxygen atoms in total. The quantitative estimate of drug-likeness (QED) is 0.598. The van der Waals surface area contributed by atoms with Crippen molar-refractivity contribution in [1.82, 2.24) is 19.7 Å². The number of carbonyl (C=O) groups is 1. The smallest absolute Gasteiger partial charge is 0.365 e. The molecule has 3 heterocycles. The summed E-state index contributed by atoms with van der Waals surface area (Å²) in [5, 5.41) is 17.5. The van der Waals surface area contributed by atoms with Crippen LogP contribution in [0, 0.1) is 10.1 Å². The highest BCUT2D eigenvalue weighted by atomic mass is 19.4. The fourth-order valence-electron chi connectivity index (χ4n) is 3.21. The van der Waals surface area contributed by atoms with Gasteiger partial charge in [0.25, 0.3) is 11.6 Å². The second-order valence-corrected chi connectivity index (χ2v) is 6.98. The molecular formula is C17H19F3N6O3. The topological polar surface area (TPSA) is 106 Å². The Hall–Kier alpha value is -3.18. The molecule has 1 N–H and O–H groups in total. The molecule has 1 aliphatic rings. The van der Waals surface area contributed by atoms with E-state index in [1.54, 1.807) is 13.8 Å². The van der Waals surface area contributed by atoms with E-state index in [0.29, 0.717) is 12.2 Å². The van der Waals surface area contributed by atoms with E-state index in [9.17, 15) is 28.1 Å². The van der Waals surface area contributed by atoms with E-state index < -0.39 is 34.3 Å². The molecule has 1 fully saturated rings. The Balaban J connectivity index is 1.72. The summed E-state index contributed by atoms with van der Waals surface area (Å²) >= 11 is 0. The summed E-state index contributed by atoms with van der Waals surface area (Å²) in [5.41, 5.74) is -1.67. The standard InChI is InChI=1S/C17H19F3N6O3/c1-10(2)25-15(17(18,19)20)13(8-22-25)16(27)24-6-5-11(9-24)23-14-4-3-12(7-21-14)26(28)29/h3-4,7-8,10-11H,5-6,9H2,1-2H3,(H,21,23). The lowest BCUT2D eigenvalue weighted by atomic mass is 10.2. The lowest BCUT2D eigenvalue weighted by molar-refractivity contribution is -0.385. The molecule has 3 rings (SSSR count). The first-order valence-electron chi connectivity index (χ1n) is 8.89. The van der Waals surface area contributed by atoms with Crippen LogP contribution < -0.4 is 5.32 Å². The van der Waals surface area contributed by atoms with Gasteiger partial charge in [-0.2, -0.15) is 18.3 Å². The van der Waals surface area contributed by atoms with Crippen LogP contribution in [0.4, 0.5) is 24.7 Å². The van der Waals surface area contributed by atoms with Crippen molar-refractivity contribution in [3.63, 3.8) is 0 Å². The lowest BCUT2D eigenvalue weighted by Gasteiger charge is -2.19.